The molecule has 0 saturated carbocycles. The molecule has 0 radical (unpaired) electrons. The first-order valence-corrected chi connectivity index (χ1v) is 6.51. The fourth-order valence-corrected chi connectivity index (χ4v) is 1.84. The van der Waals surface area contributed by atoms with Crippen LogP contribution in [-0.2, 0) is 4.79 Å². The Morgan fingerprint density at radius 1 is 1.30 bits per heavy atom. The molecule has 1 heterocycles. The van der Waals surface area contributed by atoms with E-state index in [-0.39, 0.29) is 11.9 Å². The van der Waals surface area contributed by atoms with E-state index >= 15 is 0 Å². The molecule has 0 unspecified atom stereocenters. The van der Waals surface area contributed by atoms with Gasteiger partial charge in [0.1, 0.15) is 5.75 Å². The number of amides is 1. The van der Waals surface area contributed by atoms with Crippen molar-refractivity contribution in [1.82, 2.24) is 9.97 Å². The van der Waals surface area contributed by atoms with Gasteiger partial charge in [-0.25, -0.2) is 9.97 Å². The Hall–Kier alpha value is -1.85. The number of hydrogen-bond acceptors (Lipinski definition) is 4. The Balaban J connectivity index is 2.00. The number of nitrogens with one attached hydrogen (secondary N) is 1. The lowest BCUT2D eigenvalue weighted by atomic mass is 10.3. The minimum Gasteiger partial charge on any atom is -0.479 e. The number of nitrogens with zero attached hydrogens (tertiary/aromatic N) is 2. The average molecular weight is 312 g/mol. The number of benzene rings is 1. The zero-order valence-corrected chi connectivity index (χ0v) is 12.0. The average Bonchev–Trinajstić information content (AvgIpc) is 2.43. The van der Waals surface area contributed by atoms with E-state index in [1.54, 1.807) is 31.2 Å². The van der Waals surface area contributed by atoms with Crippen LogP contribution in [0, 0.1) is 0 Å². The molecule has 0 saturated heterocycles. The molecule has 1 aromatic heterocycles. The fraction of sp³-hybridized carbons (Fsp3) is 0.154. The van der Waals surface area contributed by atoms with Crippen molar-refractivity contribution in [3.05, 3.63) is 46.7 Å². The summed E-state index contributed by atoms with van der Waals surface area (Å²) in [6.45, 7) is 1.60. The monoisotopic (exact) mass is 311 g/mol. The summed E-state index contributed by atoms with van der Waals surface area (Å²) in [5.41, 5.74) is 0. The lowest BCUT2D eigenvalue weighted by Crippen LogP contribution is -2.30. The Bertz CT molecular complexity index is 608. The number of rotatable bonds is 4. The molecular weight excluding hydrogens is 301 g/mol. The van der Waals surface area contributed by atoms with Gasteiger partial charge in [0.15, 0.2) is 6.10 Å². The quantitative estimate of drug-likeness (QED) is 0.941. The van der Waals surface area contributed by atoms with Crippen LogP contribution in [0.4, 0.5) is 5.95 Å². The van der Waals surface area contributed by atoms with E-state index in [0.29, 0.717) is 15.8 Å². The van der Waals surface area contributed by atoms with E-state index < -0.39 is 6.10 Å². The standard InChI is InChI=1S/C13H11Cl2N3O2/c1-8(12(19)18-13-16-5-2-6-17-13)20-11-4-3-9(14)7-10(11)15/h2-8H,1H3,(H,16,17,18,19)/t8-/m0/s1. The molecule has 7 heteroatoms. The van der Waals surface area contributed by atoms with Crippen molar-refractivity contribution in [2.75, 3.05) is 5.32 Å². The first kappa shape index (κ1) is 14.6. The van der Waals surface area contributed by atoms with Gasteiger partial charge >= 0.3 is 0 Å². The molecular formula is C13H11Cl2N3O2. The zero-order chi connectivity index (χ0) is 14.5. The second kappa shape index (κ2) is 6.54. The van der Waals surface area contributed by atoms with Gasteiger partial charge in [0.2, 0.25) is 5.95 Å². The molecule has 1 N–H and O–H groups in total. The largest absolute Gasteiger partial charge is 0.479 e. The van der Waals surface area contributed by atoms with Crippen LogP contribution in [-0.4, -0.2) is 22.0 Å². The molecule has 0 aliphatic carbocycles. The first-order chi connectivity index (χ1) is 9.56. The molecule has 20 heavy (non-hydrogen) atoms. The smallest absolute Gasteiger partial charge is 0.267 e. The minimum atomic E-state index is -0.752. The predicted octanol–water partition coefficient (Wildman–Crippen LogP) is 3.19. The summed E-state index contributed by atoms with van der Waals surface area (Å²) >= 11 is 11.8. The van der Waals surface area contributed by atoms with E-state index in [4.69, 9.17) is 27.9 Å². The van der Waals surface area contributed by atoms with Crippen LogP contribution in [0.1, 0.15) is 6.92 Å². The van der Waals surface area contributed by atoms with Gasteiger partial charge in [0.25, 0.3) is 5.91 Å². The van der Waals surface area contributed by atoms with Gasteiger partial charge in [-0.1, -0.05) is 23.2 Å². The lowest BCUT2D eigenvalue weighted by molar-refractivity contribution is -0.122. The molecule has 2 rings (SSSR count). The van der Waals surface area contributed by atoms with Crippen molar-refractivity contribution in [3.63, 3.8) is 0 Å². The maximum atomic E-state index is 11.9. The van der Waals surface area contributed by atoms with Gasteiger partial charge in [-0.05, 0) is 31.2 Å². The molecule has 2 aromatic rings. The molecule has 5 nitrogen and oxygen atoms in total. The van der Waals surface area contributed by atoms with Crippen LogP contribution in [0.2, 0.25) is 10.0 Å². The van der Waals surface area contributed by atoms with Gasteiger partial charge in [0.05, 0.1) is 5.02 Å². The van der Waals surface area contributed by atoms with Crippen LogP contribution in [0.15, 0.2) is 36.7 Å². The third-order valence-corrected chi connectivity index (χ3v) is 2.90. The summed E-state index contributed by atoms with van der Waals surface area (Å²) in [5.74, 6) is 0.227. The van der Waals surface area contributed by atoms with Crippen molar-refractivity contribution in [1.29, 1.82) is 0 Å². The maximum Gasteiger partial charge on any atom is 0.267 e. The Labute approximate surface area is 125 Å². The van der Waals surface area contributed by atoms with E-state index in [9.17, 15) is 4.79 Å². The molecule has 0 aliphatic heterocycles. The number of halogens is 2. The highest BCUT2D eigenvalue weighted by molar-refractivity contribution is 6.35. The topological polar surface area (TPSA) is 64.1 Å². The van der Waals surface area contributed by atoms with Crippen molar-refractivity contribution in [3.8, 4) is 5.75 Å². The second-order valence-electron chi connectivity index (χ2n) is 3.90. The lowest BCUT2D eigenvalue weighted by Gasteiger charge is -2.15. The molecule has 104 valence electrons. The third-order valence-electron chi connectivity index (χ3n) is 2.37. The zero-order valence-electron chi connectivity index (χ0n) is 10.5. The van der Waals surface area contributed by atoms with E-state index in [2.05, 4.69) is 15.3 Å². The summed E-state index contributed by atoms with van der Waals surface area (Å²) in [6, 6.07) is 6.44. The Morgan fingerprint density at radius 2 is 2.00 bits per heavy atom. The van der Waals surface area contributed by atoms with Gasteiger partial charge in [-0.2, -0.15) is 0 Å². The summed E-state index contributed by atoms with van der Waals surface area (Å²) in [7, 11) is 0. The number of carbonyl (C=O) groups is 1. The maximum absolute atomic E-state index is 11.9. The van der Waals surface area contributed by atoms with E-state index in [1.165, 1.54) is 12.4 Å². The predicted molar refractivity (Wildman–Crippen MR) is 77.2 cm³/mol. The van der Waals surface area contributed by atoms with Crippen molar-refractivity contribution in [2.24, 2.45) is 0 Å². The molecule has 1 aromatic carbocycles. The third kappa shape index (κ3) is 3.82. The van der Waals surface area contributed by atoms with Gasteiger partial charge in [0, 0.05) is 17.4 Å². The fourth-order valence-electron chi connectivity index (χ4n) is 1.39. The second-order valence-corrected chi connectivity index (χ2v) is 4.74. The van der Waals surface area contributed by atoms with Crippen molar-refractivity contribution >= 4 is 35.1 Å². The van der Waals surface area contributed by atoms with Crippen molar-refractivity contribution in [2.45, 2.75) is 13.0 Å². The summed E-state index contributed by atoms with van der Waals surface area (Å²) in [5, 5.41) is 3.38. The van der Waals surface area contributed by atoms with Crippen LogP contribution in [0.3, 0.4) is 0 Å². The minimum absolute atomic E-state index is 0.218. The molecule has 0 aliphatic rings. The van der Waals surface area contributed by atoms with E-state index in [1.807, 2.05) is 0 Å². The van der Waals surface area contributed by atoms with Crippen LogP contribution >= 0.6 is 23.2 Å². The van der Waals surface area contributed by atoms with Crippen molar-refractivity contribution < 1.29 is 9.53 Å². The normalized spacial score (nSPS) is 11.8. The molecule has 0 spiro atoms. The van der Waals surface area contributed by atoms with Gasteiger partial charge in [-0.3, -0.25) is 10.1 Å². The van der Waals surface area contributed by atoms with Crippen LogP contribution in [0.5, 0.6) is 5.75 Å². The molecule has 0 bridgehead atoms. The summed E-state index contributed by atoms with van der Waals surface area (Å²) in [6.07, 6.45) is 2.31. The van der Waals surface area contributed by atoms with Crippen LogP contribution < -0.4 is 10.1 Å². The summed E-state index contributed by atoms with van der Waals surface area (Å²) < 4.78 is 5.48. The molecule has 1 amide bonds. The number of anilines is 1. The highest BCUT2D eigenvalue weighted by Crippen LogP contribution is 2.28. The Kier molecular flexibility index (Phi) is 4.76. The SMILES string of the molecule is C[C@H](Oc1ccc(Cl)cc1Cl)C(=O)Nc1ncccn1. The first-order valence-electron chi connectivity index (χ1n) is 5.76. The van der Waals surface area contributed by atoms with Crippen LogP contribution in [0.25, 0.3) is 0 Å². The van der Waals surface area contributed by atoms with E-state index in [0.717, 1.165) is 0 Å². The highest BCUT2D eigenvalue weighted by atomic mass is 35.5. The number of aromatic nitrogens is 2. The Morgan fingerprint density at radius 3 is 2.65 bits per heavy atom. The van der Waals surface area contributed by atoms with Gasteiger partial charge < -0.3 is 4.74 Å². The molecule has 1 atom stereocenters. The molecule has 0 fully saturated rings. The number of hydrogen-bond donors (Lipinski definition) is 1. The highest BCUT2D eigenvalue weighted by Gasteiger charge is 2.17. The summed E-state index contributed by atoms with van der Waals surface area (Å²) in [4.78, 5) is 19.7. The van der Waals surface area contributed by atoms with Gasteiger partial charge in [-0.15, -0.1) is 0 Å². The number of carbonyl (C=O) groups excluding carboxylic acids is 1. The number of ether oxygens (including phenoxy) is 1.